The largest absolute Gasteiger partial charge is 0.303 e. The van der Waals surface area contributed by atoms with Gasteiger partial charge in [0.1, 0.15) is 5.82 Å². The molecule has 0 N–H and O–H groups in total. The Hall–Kier alpha value is -0.890. The average molecular weight is 221 g/mol. The lowest BCUT2D eigenvalue weighted by Crippen LogP contribution is -2.34. The minimum absolute atomic E-state index is 0.143. The van der Waals surface area contributed by atoms with Crippen LogP contribution >= 0.6 is 0 Å². The Morgan fingerprint density at radius 1 is 1.19 bits per heavy atom. The van der Waals surface area contributed by atoms with Crippen LogP contribution in [-0.4, -0.2) is 24.5 Å². The van der Waals surface area contributed by atoms with Gasteiger partial charge in [0.25, 0.3) is 0 Å². The van der Waals surface area contributed by atoms with Crippen LogP contribution in [0.4, 0.5) is 4.39 Å². The molecular weight excluding hydrogens is 201 g/mol. The van der Waals surface area contributed by atoms with E-state index in [4.69, 9.17) is 0 Å². The summed E-state index contributed by atoms with van der Waals surface area (Å²) in [6, 6.07) is 6.88. The molecule has 0 bridgehead atoms. The summed E-state index contributed by atoms with van der Waals surface area (Å²) < 4.78 is 12.7. The molecule has 1 heterocycles. The van der Waals surface area contributed by atoms with Crippen LogP contribution in [0.2, 0.25) is 0 Å². The molecule has 1 saturated heterocycles. The van der Waals surface area contributed by atoms with Crippen molar-refractivity contribution in [3.8, 4) is 0 Å². The molecule has 1 aliphatic heterocycles. The molecule has 0 unspecified atom stereocenters. The Balaban J connectivity index is 1.77. The molecule has 0 aliphatic carbocycles. The van der Waals surface area contributed by atoms with Gasteiger partial charge in [-0.25, -0.2) is 4.39 Å². The predicted octanol–water partition coefficient (Wildman–Crippen LogP) is 3.10. The van der Waals surface area contributed by atoms with E-state index in [2.05, 4.69) is 11.8 Å². The van der Waals surface area contributed by atoms with Crippen molar-refractivity contribution in [2.45, 2.75) is 26.2 Å². The summed E-state index contributed by atoms with van der Waals surface area (Å²) in [5.74, 6) is 0.748. The fraction of sp³-hybridized carbons (Fsp3) is 0.571. The molecule has 0 amide bonds. The highest BCUT2D eigenvalue weighted by molar-refractivity contribution is 5.16. The molecule has 16 heavy (non-hydrogen) atoms. The lowest BCUT2D eigenvalue weighted by molar-refractivity contribution is 0.194. The summed E-state index contributed by atoms with van der Waals surface area (Å²) in [5.41, 5.74) is 1.24. The van der Waals surface area contributed by atoms with Crippen LogP contribution in [0.1, 0.15) is 25.3 Å². The first kappa shape index (κ1) is 11.6. The topological polar surface area (TPSA) is 3.24 Å². The van der Waals surface area contributed by atoms with Gasteiger partial charge in [0.05, 0.1) is 0 Å². The van der Waals surface area contributed by atoms with Crippen molar-refractivity contribution >= 4 is 0 Å². The van der Waals surface area contributed by atoms with E-state index < -0.39 is 0 Å². The smallest absolute Gasteiger partial charge is 0.123 e. The molecule has 0 aromatic heterocycles. The minimum atomic E-state index is -0.143. The lowest BCUT2D eigenvalue weighted by Gasteiger charge is -2.30. The van der Waals surface area contributed by atoms with Crippen molar-refractivity contribution in [2.24, 2.45) is 5.92 Å². The molecular formula is C14H20FN. The number of halogens is 1. The van der Waals surface area contributed by atoms with Crippen molar-refractivity contribution in [3.05, 3.63) is 35.6 Å². The Kier molecular flexibility index (Phi) is 3.94. The van der Waals surface area contributed by atoms with Gasteiger partial charge in [-0.05, 0) is 56.0 Å². The van der Waals surface area contributed by atoms with Gasteiger partial charge in [-0.3, -0.25) is 0 Å². The van der Waals surface area contributed by atoms with E-state index in [1.165, 1.54) is 31.5 Å². The lowest BCUT2D eigenvalue weighted by atomic mass is 9.99. The molecule has 1 aromatic carbocycles. The van der Waals surface area contributed by atoms with Gasteiger partial charge in [-0.2, -0.15) is 0 Å². The van der Waals surface area contributed by atoms with Crippen LogP contribution in [0.5, 0.6) is 0 Å². The van der Waals surface area contributed by atoms with Gasteiger partial charge in [-0.1, -0.05) is 19.1 Å². The van der Waals surface area contributed by atoms with Crippen molar-refractivity contribution in [2.75, 3.05) is 19.6 Å². The molecule has 2 heteroatoms. The second-order valence-electron chi connectivity index (χ2n) is 4.90. The second-order valence-corrected chi connectivity index (χ2v) is 4.90. The van der Waals surface area contributed by atoms with E-state index in [-0.39, 0.29) is 5.82 Å². The number of likely N-dealkylation sites (tertiary alicyclic amines) is 1. The summed E-state index contributed by atoms with van der Waals surface area (Å²) in [7, 11) is 0. The van der Waals surface area contributed by atoms with Crippen molar-refractivity contribution < 1.29 is 4.39 Å². The number of piperidine rings is 1. The van der Waals surface area contributed by atoms with Crippen LogP contribution in [-0.2, 0) is 6.42 Å². The normalized spacial score (nSPS) is 18.9. The van der Waals surface area contributed by atoms with E-state index in [1.54, 1.807) is 12.1 Å². The molecule has 1 aliphatic rings. The molecule has 1 fully saturated rings. The number of hydrogen-bond acceptors (Lipinski definition) is 1. The standard InChI is InChI=1S/C14H20FN/c1-12-6-9-16(10-7-12)11-8-13-2-4-14(15)5-3-13/h2-5,12H,6-11H2,1H3. The Bertz CT molecular complexity index is 312. The SMILES string of the molecule is CC1CCN(CCc2ccc(F)cc2)CC1. The molecule has 88 valence electrons. The number of nitrogens with zero attached hydrogens (tertiary/aromatic N) is 1. The maximum absolute atomic E-state index is 12.7. The highest BCUT2D eigenvalue weighted by Crippen LogP contribution is 2.16. The van der Waals surface area contributed by atoms with E-state index in [0.29, 0.717) is 0 Å². The third-order valence-electron chi connectivity index (χ3n) is 3.51. The van der Waals surface area contributed by atoms with Gasteiger partial charge >= 0.3 is 0 Å². The van der Waals surface area contributed by atoms with Crippen LogP contribution in [0.3, 0.4) is 0 Å². The number of benzene rings is 1. The van der Waals surface area contributed by atoms with Crippen molar-refractivity contribution in [1.82, 2.24) is 4.90 Å². The summed E-state index contributed by atoms with van der Waals surface area (Å²) in [6.07, 6.45) is 3.68. The van der Waals surface area contributed by atoms with Crippen LogP contribution in [0, 0.1) is 11.7 Å². The first-order valence-corrected chi connectivity index (χ1v) is 6.21. The fourth-order valence-corrected chi connectivity index (χ4v) is 2.22. The average Bonchev–Trinajstić information content (AvgIpc) is 2.30. The van der Waals surface area contributed by atoms with Crippen molar-refractivity contribution in [3.63, 3.8) is 0 Å². The van der Waals surface area contributed by atoms with Gasteiger partial charge < -0.3 is 4.90 Å². The Labute approximate surface area is 97.3 Å². The molecule has 2 rings (SSSR count). The molecule has 0 saturated carbocycles. The minimum Gasteiger partial charge on any atom is -0.303 e. The van der Waals surface area contributed by atoms with Gasteiger partial charge in [0.15, 0.2) is 0 Å². The van der Waals surface area contributed by atoms with Crippen molar-refractivity contribution in [1.29, 1.82) is 0 Å². The number of rotatable bonds is 3. The van der Waals surface area contributed by atoms with E-state index >= 15 is 0 Å². The molecule has 1 nitrogen and oxygen atoms in total. The third-order valence-corrected chi connectivity index (χ3v) is 3.51. The monoisotopic (exact) mass is 221 g/mol. The quantitative estimate of drug-likeness (QED) is 0.758. The third kappa shape index (κ3) is 3.31. The highest BCUT2D eigenvalue weighted by Gasteiger charge is 2.14. The Morgan fingerprint density at radius 2 is 1.81 bits per heavy atom. The van der Waals surface area contributed by atoms with Crippen LogP contribution in [0.15, 0.2) is 24.3 Å². The van der Waals surface area contributed by atoms with Crippen LogP contribution < -0.4 is 0 Å². The zero-order valence-corrected chi connectivity index (χ0v) is 9.95. The molecule has 0 spiro atoms. The van der Waals surface area contributed by atoms with Gasteiger partial charge in [0, 0.05) is 6.54 Å². The zero-order chi connectivity index (χ0) is 11.4. The zero-order valence-electron chi connectivity index (χ0n) is 9.95. The Morgan fingerprint density at radius 3 is 2.44 bits per heavy atom. The summed E-state index contributed by atoms with van der Waals surface area (Å²) in [6.45, 7) is 5.89. The predicted molar refractivity (Wildman–Crippen MR) is 64.9 cm³/mol. The van der Waals surface area contributed by atoms with E-state index in [1.807, 2.05) is 12.1 Å². The van der Waals surface area contributed by atoms with Gasteiger partial charge in [-0.15, -0.1) is 0 Å². The molecule has 0 atom stereocenters. The summed E-state index contributed by atoms with van der Waals surface area (Å²) >= 11 is 0. The first-order chi connectivity index (χ1) is 7.74. The fourth-order valence-electron chi connectivity index (χ4n) is 2.22. The van der Waals surface area contributed by atoms with Crippen LogP contribution in [0.25, 0.3) is 0 Å². The maximum Gasteiger partial charge on any atom is 0.123 e. The van der Waals surface area contributed by atoms with E-state index in [0.717, 1.165) is 18.9 Å². The summed E-state index contributed by atoms with van der Waals surface area (Å²) in [5, 5.41) is 0. The number of hydrogen-bond donors (Lipinski definition) is 0. The maximum atomic E-state index is 12.7. The molecule has 0 radical (unpaired) electrons. The summed E-state index contributed by atoms with van der Waals surface area (Å²) in [4.78, 5) is 2.52. The van der Waals surface area contributed by atoms with E-state index in [9.17, 15) is 4.39 Å². The molecule has 1 aromatic rings. The highest BCUT2D eigenvalue weighted by atomic mass is 19.1. The van der Waals surface area contributed by atoms with Gasteiger partial charge in [0.2, 0.25) is 0 Å². The second kappa shape index (κ2) is 5.44. The first-order valence-electron chi connectivity index (χ1n) is 6.21.